The predicted molar refractivity (Wildman–Crippen MR) is 97.8 cm³/mol. The van der Waals surface area contributed by atoms with Crippen molar-refractivity contribution in [1.29, 1.82) is 0 Å². The number of halogens is 1. The highest BCUT2D eigenvalue weighted by atomic mass is 19.1. The first-order chi connectivity index (χ1) is 13.0. The number of carbonyl (C=O) groups excluding carboxylic acids is 2. The van der Waals surface area contributed by atoms with Crippen LogP contribution in [0.25, 0.3) is 0 Å². The summed E-state index contributed by atoms with van der Waals surface area (Å²) in [5.41, 5.74) is 2.86. The Bertz CT molecular complexity index is 881. The zero-order valence-electron chi connectivity index (χ0n) is 15.1. The lowest BCUT2D eigenvalue weighted by Crippen LogP contribution is -2.39. The molecule has 0 bridgehead atoms. The summed E-state index contributed by atoms with van der Waals surface area (Å²) in [6.45, 7) is 0.681. The van der Waals surface area contributed by atoms with Crippen LogP contribution in [0.3, 0.4) is 0 Å². The third kappa shape index (κ3) is 3.52. The number of nitrogens with zero attached hydrogens (tertiary/aromatic N) is 1. The molecule has 6 heteroatoms. The number of benzene rings is 2. The Morgan fingerprint density at radius 2 is 2.04 bits per heavy atom. The quantitative estimate of drug-likeness (QED) is 0.902. The normalized spacial score (nSPS) is 21.1. The molecule has 5 nitrogen and oxygen atoms in total. The summed E-state index contributed by atoms with van der Waals surface area (Å²) in [6, 6.07) is 11.2. The number of fused-ring (bicyclic) bond motifs is 1. The van der Waals surface area contributed by atoms with E-state index in [4.69, 9.17) is 4.74 Å². The summed E-state index contributed by atoms with van der Waals surface area (Å²) in [7, 11) is 1.71. The Labute approximate surface area is 157 Å². The van der Waals surface area contributed by atoms with Crippen molar-refractivity contribution < 1.29 is 18.7 Å². The fourth-order valence-corrected chi connectivity index (χ4v) is 3.91. The number of carbonyl (C=O) groups is 2. The van der Waals surface area contributed by atoms with E-state index in [1.54, 1.807) is 24.1 Å². The van der Waals surface area contributed by atoms with Gasteiger partial charge in [0.05, 0.1) is 25.1 Å². The maximum absolute atomic E-state index is 13.2. The number of hydrogen-bond acceptors (Lipinski definition) is 3. The fraction of sp³-hybridized carbons (Fsp3) is 0.333. The molecule has 0 saturated carbocycles. The van der Waals surface area contributed by atoms with Gasteiger partial charge in [0, 0.05) is 19.9 Å². The molecule has 27 heavy (non-hydrogen) atoms. The first kappa shape index (κ1) is 17.5. The Hall–Kier alpha value is -2.89. The molecular weight excluding hydrogens is 347 g/mol. The van der Waals surface area contributed by atoms with Crippen LogP contribution in [-0.4, -0.2) is 36.4 Å². The van der Waals surface area contributed by atoms with Crippen LogP contribution in [-0.2, 0) is 22.4 Å². The second-order valence-electron chi connectivity index (χ2n) is 7.10. The van der Waals surface area contributed by atoms with Crippen molar-refractivity contribution in [3.63, 3.8) is 0 Å². The van der Waals surface area contributed by atoms with Crippen LogP contribution in [0, 0.1) is 5.82 Å². The largest absolute Gasteiger partial charge is 0.493 e. The van der Waals surface area contributed by atoms with Crippen molar-refractivity contribution in [3.8, 4) is 5.75 Å². The minimum absolute atomic E-state index is 0.0377. The minimum atomic E-state index is -0.335. The van der Waals surface area contributed by atoms with Crippen LogP contribution in [0.1, 0.15) is 29.2 Å². The summed E-state index contributed by atoms with van der Waals surface area (Å²) in [4.78, 5) is 26.4. The zero-order valence-corrected chi connectivity index (χ0v) is 15.1. The molecule has 0 spiro atoms. The number of nitrogens with one attached hydrogen (secondary N) is 1. The highest BCUT2D eigenvalue weighted by Crippen LogP contribution is 2.32. The molecule has 1 saturated heterocycles. The first-order valence-electron chi connectivity index (χ1n) is 9.06. The lowest BCUT2D eigenvalue weighted by atomic mass is 9.99. The van der Waals surface area contributed by atoms with Gasteiger partial charge in [-0.1, -0.05) is 24.3 Å². The van der Waals surface area contributed by atoms with E-state index in [0.717, 1.165) is 28.9 Å². The Balaban J connectivity index is 1.47. The van der Waals surface area contributed by atoms with E-state index in [0.29, 0.717) is 6.61 Å². The van der Waals surface area contributed by atoms with Gasteiger partial charge in [-0.25, -0.2) is 4.39 Å². The molecule has 2 aliphatic rings. The Morgan fingerprint density at radius 3 is 2.81 bits per heavy atom. The standard InChI is InChI=1S/C21H21FN2O3/c1-24-20(26)12-17(21(24)14-3-5-16(22)6-4-14)23-19(25)11-13-2-7-18-15(10-13)8-9-27-18/h2-7,10,17,21H,8-9,11-12H2,1H3,(H,23,25)/t17-,21-/m1/s1. The van der Waals surface area contributed by atoms with Crippen LogP contribution in [0.2, 0.25) is 0 Å². The molecule has 4 rings (SSSR count). The second-order valence-corrected chi connectivity index (χ2v) is 7.10. The maximum atomic E-state index is 13.2. The molecule has 2 heterocycles. The number of amides is 2. The van der Waals surface area contributed by atoms with Crippen molar-refractivity contribution >= 4 is 11.8 Å². The smallest absolute Gasteiger partial charge is 0.225 e. The van der Waals surface area contributed by atoms with E-state index in [9.17, 15) is 14.0 Å². The maximum Gasteiger partial charge on any atom is 0.225 e. The van der Waals surface area contributed by atoms with Crippen molar-refractivity contribution in [1.82, 2.24) is 10.2 Å². The summed E-state index contributed by atoms with van der Waals surface area (Å²) in [5.74, 6) is 0.392. The highest BCUT2D eigenvalue weighted by Gasteiger charge is 2.39. The second kappa shape index (κ2) is 7.02. The Kier molecular flexibility index (Phi) is 4.56. The predicted octanol–water partition coefficient (Wildman–Crippen LogP) is 2.39. The average Bonchev–Trinajstić information content (AvgIpc) is 3.20. The van der Waals surface area contributed by atoms with E-state index in [1.165, 1.54) is 12.1 Å². The molecule has 2 aromatic carbocycles. The van der Waals surface area contributed by atoms with Crippen molar-refractivity contribution in [2.45, 2.75) is 31.3 Å². The SMILES string of the molecule is CN1C(=O)C[C@@H](NC(=O)Cc2ccc3c(c2)CCO3)[C@H]1c1ccc(F)cc1. The molecule has 140 valence electrons. The van der Waals surface area contributed by atoms with E-state index in [1.807, 2.05) is 18.2 Å². The molecule has 0 aliphatic carbocycles. The molecule has 0 unspecified atom stereocenters. The summed E-state index contributed by atoms with van der Waals surface area (Å²) >= 11 is 0. The minimum Gasteiger partial charge on any atom is -0.493 e. The van der Waals surface area contributed by atoms with E-state index < -0.39 is 0 Å². The number of ether oxygens (including phenoxy) is 1. The van der Waals surface area contributed by atoms with Crippen LogP contribution in [0.4, 0.5) is 4.39 Å². The van der Waals surface area contributed by atoms with E-state index >= 15 is 0 Å². The number of likely N-dealkylation sites (tertiary alicyclic amines) is 1. The van der Waals surface area contributed by atoms with Gasteiger partial charge >= 0.3 is 0 Å². The zero-order chi connectivity index (χ0) is 19.0. The van der Waals surface area contributed by atoms with E-state index in [2.05, 4.69) is 5.32 Å². The van der Waals surface area contributed by atoms with Crippen LogP contribution >= 0.6 is 0 Å². The van der Waals surface area contributed by atoms with Gasteiger partial charge in [0.25, 0.3) is 0 Å². The van der Waals surface area contributed by atoms with Crippen molar-refractivity contribution in [3.05, 3.63) is 65.0 Å². The summed E-state index contributed by atoms with van der Waals surface area (Å²) in [5, 5.41) is 2.99. The number of rotatable bonds is 4. The molecule has 0 aromatic heterocycles. The number of hydrogen-bond donors (Lipinski definition) is 1. The van der Waals surface area contributed by atoms with Gasteiger partial charge in [-0.05, 0) is 34.9 Å². The molecule has 2 atom stereocenters. The van der Waals surface area contributed by atoms with Gasteiger partial charge in [0.15, 0.2) is 0 Å². The van der Waals surface area contributed by atoms with E-state index in [-0.39, 0.29) is 42.6 Å². The van der Waals surface area contributed by atoms with Gasteiger partial charge in [0.1, 0.15) is 11.6 Å². The number of likely N-dealkylation sites (N-methyl/N-ethyl adjacent to an activating group) is 1. The van der Waals surface area contributed by atoms with Crippen LogP contribution in [0.5, 0.6) is 5.75 Å². The fourth-order valence-electron chi connectivity index (χ4n) is 3.91. The van der Waals surface area contributed by atoms with Crippen LogP contribution in [0.15, 0.2) is 42.5 Å². The van der Waals surface area contributed by atoms with Gasteiger partial charge in [-0.2, -0.15) is 0 Å². The first-order valence-corrected chi connectivity index (χ1v) is 9.06. The summed E-state index contributed by atoms with van der Waals surface area (Å²) in [6.07, 6.45) is 1.35. The molecule has 1 N–H and O–H groups in total. The van der Waals surface area contributed by atoms with Crippen molar-refractivity contribution in [2.24, 2.45) is 0 Å². The Morgan fingerprint density at radius 1 is 1.26 bits per heavy atom. The molecular formula is C21H21FN2O3. The monoisotopic (exact) mass is 368 g/mol. The van der Waals surface area contributed by atoms with Gasteiger partial charge in [-0.3, -0.25) is 9.59 Å². The third-order valence-electron chi connectivity index (χ3n) is 5.26. The van der Waals surface area contributed by atoms with Crippen LogP contribution < -0.4 is 10.1 Å². The lowest BCUT2D eigenvalue weighted by molar-refractivity contribution is -0.127. The summed E-state index contributed by atoms with van der Waals surface area (Å²) < 4.78 is 18.7. The highest BCUT2D eigenvalue weighted by molar-refractivity contribution is 5.84. The van der Waals surface area contributed by atoms with Gasteiger partial charge < -0.3 is 15.0 Å². The lowest BCUT2D eigenvalue weighted by Gasteiger charge is -2.26. The molecule has 1 fully saturated rings. The van der Waals surface area contributed by atoms with Crippen molar-refractivity contribution in [2.75, 3.05) is 13.7 Å². The van der Waals surface area contributed by atoms with Gasteiger partial charge in [0.2, 0.25) is 11.8 Å². The molecule has 2 aromatic rings. The average molecular weight is 368 g/mol. The molecule has 0 radical (unpaired) electrons. The van der Waals surface area contributed by atoms with Gasteiger partial charge in [-0.15, -0.1) is 0 Å². The third-order valence-corrected chi connectivity index (χ3v) is 5.26. The topological polar surface area (TPSA) is 58.6 Å². The molecule has 2 aliphatic heterocycles. The molecule has 2 amide bonds.